The highest BCUT2D eigenvalue weighted by molar-refractivity contribution is 8.00. The van der Waals surface area contributed by atoms with Crippen molar-refractivity contribution < 1.29 is 23.1 Å². The van der Waals surface area contributed by atoms with Gasteiger partial charge in [-0.05, 0) is 81.4 Å². The van der Waals surface area contributed by atoms with E-state index in [4.69, 9.17) is 4.74 Å². The Bertz CT molecular complexity index is 750. The maximum atomic E-state index is 13.6. The van der Waals surface area contributed by atoms with E-state index in [0.29, 0.717) is 17.8 Å². The smallest absolute Gasteiger partial charge is 0.317 e. The van der Waals surface area contributed by atoms with E-state index in [0.717, 1.165) is 49.2 Å². The Morgan fingerprint density at radius 1 is 1.18 bits per heavy atom. The molecule has 4 aliphatic rings. The van der Waals surface area contributed by atoms with Crippen LogP contribution in [0.4, 0.5) is 8.78 Å². The van der Waals surface area contributed by atoms with E-state index < -0.39 is 23.7 Å². The van der Waals surface area contributed by atoms with Crippen molar-refractivity contribution in [2.45, 2.75) is 62.0 Å². The van der Waals surface area contributed by atoms with Crippen LogP contribution in [-0.4, -0.2) is 29.3 Å². The molecule has 1 atom stereocenters. The summed E-state index contributed by atoms with van der Waals surface area (Å²) < 4.78 is 32.0. The molecule has 1 aromatic rings. The second-order valence-corrected chi connectivity index (χ2v) is 9.70. The van der Waals surface area contributed by atoms with Crippen LogP contribution in [0.15, 0.2) is 23.1 Å². The summed E-state index contributed by atoms with van der Waals surface area (Å²) in [5.74, 6) is -0.104. The summed E-state index contributed by atoms with van der Waals surface area (Å²) >= 11 is 0.857. The molecule has 1 N–H and O–H groups in total. The number of halogens is 2. The van der Waals surface area contributed by atoms with Crippen LogP contribution in [0, 0.1) is 29.4 Å². The largest absolute Gasteiger partial charge is 0.452 e. The topological polar surface area (TPSA) is 55.4 Å². The number of thioether (sulfide) groups is 1. The van der Waals surface area contributed by atoms with Gasteiger partial charge in [0.25, 0.3) is 5.91 Å². The summed E-state index contributed by atoms with van der Waals surface area (Å²) in [6.07, 6.45) is 6.04. The van der Waals surface area contributed by atoms with Gasteiger partial charge in [-0.25, -0.2) is 8.78 Å². The van der Waals surface area contributed by atoms with Gasteiger partial charge in [-0.15, -0.1) is 11.8 Å². The summed E-state index contributed by atoms with van der Waals surface area (Å²) in [5, 5.41) is 3.19. The predicted molar refractivity (Wildman–Crippen MR) is 102 cm³/mol. The number of hydrogen-bond acceptors (Lipinski definition) is 4. The van der Waals surface area contributed by atoms with Gasteiger partial charge in [0.05, 0.1) is 5.75 Å². The van der Waals surface area contributed by atoms with Crippen molar-refractivity contribution in [2.24, 2.45) is 17.8 Å². The summed E-state index contributed by atoms with van der Waals surface area (Å²) in [4.78, 5) is 24.7. The first-order chi connectivity index (χ1) is 13.3. The second kappa shape index (κ2) is 7.65. The molecule has 152 valence electrons. The van der Waals surface area contributed by atoms with Crippen LogP contribution in [0.3, 0.4) is 0 Å². The van der Waals surface area contributed by atoms with Crippen molar-refractivity contribution in [1.29, 1.82) is 0 Å². The van der Waals surface area contributed by atoms with Gasteiger partial charge in [-0.2, -0.15) is 0 Å². The third-order valence-corrected chi connectivity index (χ3v) is 7.35. The number of carbonyl (C=O) groups excluding carboxylic acids is 2. The lowest BCUT2D eigenvalue weighted by Gasteiger charge is -2.57. The Labute approximate surface area is 167 Å². The Balaban J connectivity index is 1.28. The highest BCUT2D eigenvalue weighted by Gasteiger charge is 2.51. The molecule has 28 heavy (non-hydrogen) atoms. The highest BCUT2D eigenvalue weighted by atomic mass is 32.2. The minimum atomic E-state index is -0.904. The van der Waals surface area contributed by atoms with Gasteiger partial charge in [0.15, 0.2) is 6.10 Å². The van der Waals surface area contributed by atoms with Crippen LogP contribution in [0.2, 0.25) is 0 Å². The molecule has 0 unspecified atom stereocenters. The minimum absolute atomic E-state index is 0.0441. The first-order valence-corrected chi connectivity index (χ1v) is 10.9. The van der Waals surface area contributed by atoms with Gasteiger partial charge in [-0.1, -0.05) is 0 Å². The van der Waals surface area contributed by atoms with Gasteiger partial charge >= 0.3 is 5.97 Å². The molecule has 4 bridgehead atoms. The summed E-state index contributed by atoms with van der Waals surface area (Å²) in [5.41, 5.74) is -0.133. The first kappa shape index (κ1) is 19.7. The fraction of sp³-hybridized carbons (Fsp3) is 0.619. The van der Waals surface area contributed by atoms with E-state index >= 15 is 0 Å². The van der Waals surface area contributed by atoms with E-state index in [1.165, 1.54) is 19.3 Å². The number of amides is 1. The molecule has 0 saturated heterocycles. The zero-order chi connectivity index (χ0) is 19.9. The Hall–Kier alpha value is -1.63. The molecule has 1 amide bonds. The van der Waals surface area contributed by atoms with Crippen LogP contribution in [0.25, 0.3) is 0 Å². The second-order valence-electron chi connectivity index (χ2n) is 8.68. The lowest BCUT2D eigenvalue weighted by Crippen LogP contribution is -2.61. The highest BCUT2D eigenvalue weighted by Crippen LogP contribution is 2.55. The minimum Gasteiger partial charge on any atom is -0.452 e. The number of hydrogen-bond donors (Lipinski definition) is 1. The Kier molecular flexibility index (Phi) is 5.38. The van der Waals surface area contributed by atoms with Crippen LogP contribution in [0.1, 0.15) is 45.4 Å². The summed E-state index contributed by atoms with van der Waals surface area (Å²) in [6, 6.07) is 3.08. The molecule has 0 heterocycles. The standard InChI is InChI=1S/C21H25F2NO3S/c1-12(27-19(25)11-28-18-7-16(22)2-3-17(18)23)20(26)24-21-8-13-4-14(9-21)6-15(5-13)10-21/h2-3,7,12-15H,4-6,8-11H2,1H3,(H,24,26)/t12-,13?,14?,15?,21?/m0/s1. The zero-order valence-electron chi connectivity index (χ0n) is 15.9. The first-order valence-electron chi connectivity index (χ1n) is 9.91. The van der Waals surface area contributed by atoms with Crippen LogP contribution >= 0.6 is 11.8 Å². The molecular weight excluding hydrogens is 384 g/mol. The molecule has 1 aromatic carbocycles. The number of ether oxygens (including phenoxy) is 1. The summed E-state index contributed by atoms with van der Waals surface area (Å²) in [6.45, 7) is 1.56. The maximum Gasteiger partial charge on any atom is 0.317 e. The van der Waals surface area contributed by atoms with E-state index in [2.05, 4.69) is 5.32 Å². The van der Waals surface area contributed by atoms with E-state index in [-0.39, 0.29) is 22.1 Å². The molecule has 5 rings (SSSR count). The zero-order valence-corrected chi connectivity index (χ0v) is 16.7. The SMILES string of the molecule is C[C@H](OC(=O)CSc1cc(F)ccc1F)C(=O)NC12CC3CC(CC(C3)C1)C2. The Morgan fingerprint density at radius 2 is 1.79 bits per heavy atom. The molecule has 0 radical (unpaired) electrons. The lowest BCUT2D eigenvalue weighted by atomic mass is 9.53. The molecule has 4 aliphatic carbocycles. The average molecular weight is 409 g/mol. The molecule has 0 aromatic heterocycles. The summed E-state index contributed by atoms with van der Waals surface area (Å²) in [7, 11) is 0. The van der Waals surface area contributed by atoms with Gasteiger partial charge in [0.2, 0.25) is 0 Å². The third kappa shape index (κ3) is 4.19. The molecular formula is C21H25F2NO3S. The van der Waals surface area contributed by atoms with Gasteiger partial charge < -0.3 is 10.1 Å². The van der Waals surface area contributed by atoms with E-state index in [1.54, 1.807) is 6.92 Å². The molecule has 4 nitrogen and oxygen atoms in total. The van der Waals surface area contributed by atoms with Gasteiger partial charge in [0.1, 0.15) is 11.6 Å². The number of nitrogens with one attached hydrogen (secondary N) is 1. The van der Waals surface area contributed by atoms with Crippen LogP contribution in [-0.2, 0) is 14.3 Å². The fourth-order valence-corrected chi connectivity index (χ4v) is 6.38. The van der Waals surface area contributed by atoms with Crippen LogP contribution < -0.4 is 5.32 Å². The fourth-order valence-electron chi connectivity index (χ4n) is 5.64. The van der Waals surface area contributed by atoms with Crippen LogP contribution in [0.5, 0.6) is 0 Å². The molecule has 7 heteroatoms. The quantitative estimate of drug-likeness (QED) is 0.568. The number of rotatable bonds is 6. The van der Waals surface area contributed by atoms with Crippen molar-refractivity contribution in [3.05, 3.63) is 29.8 Å². The molecule has 4 fully saturated rings. The monoisotopic (exact) mass is 409 g/mol. The molecule has 4 saturated carbocycles. The van der Waals surface area contributed by atoms with Gasteiger partial charge in [0, 0.05) is 10.4 Å². The van der Waals surface area contributed by atoms with E-state index in [9.17, 15) is 18.4 Å². The number of esters is 1. The van der Waals surface area contributed by atoms with E-state index in [1.807, 2.05) is 0 Å². The van der Waals surface area contributed by atoms with Crippen molar-refractivity contribution in [1.82, 2.24) is 5.32 Å². The maximum absolute atomic E-state index is 13.6. The Morgan fingerprint density at radius 3 is 2.39 bits per heavy atom. The number of carbonyl (C=O) groups is 2. The third-order valence-electron chi connectivity index (χ3n) is 6.34. The number of benzene rings is 1. The average Bonchev–Trinajstić information content (AvgIpc) is 2.61. The predicted octanol–water partition coefficient (Wildman–Crippen LogP) is 4.07. The van der Waals surface area contributed by atoms with Crippen molar-refractivity contribution in [3.8, 4) is 0 Å². The lowest BCUT2D eigenvalue weighted by molar-refractivity contribution is -0.154. The van der Waals surface area contributed by atoms with Gasteiger partial charge in [-0.3, -0.25) is 9.59 Å². The van der Waals surface area contributed by atoms with Crippen molar-refractivity contribution in [3.63, 3.8) is 0 Å². The molecule has 0 spiro atoms. The molecule has 0 aliphatic heterocycles. The normalized spacial score (nSPS) is 31.5. The van der Waals surface area contributed by atoms with Crippen molar-refractivity contribution in [2.75, 3.05) is 5.75 Å². The van der Waals surface area contributed by atoms with Crippen molar-refractivity contribution >= 4 is 23.6 Å².